The van der Waals surface area contributed by atoms with Gasteiger partial charge in [-0.25, -0.2) is 15.3 Å². The van der Waals surface area contributed by atoms with E-state index < -0.39 is 11.2 Å². The largest absolute Gasteiger partial charge is 0.494 e. The number of rotatable bonds is 10. The summed E-state index contributed by atoms with van der Waals surface area (Å²) in [6.45, 7) is 2.91. The van der Waals surface area contributed by atoms with Gasteiger partial charge in [0.25, 0.3) is 5.56 Å². The molecule has 1 amide bonds. The molecule has 0 saturated heterocycles. The third-order valence-corrected chi connectivity index (χ3v) is 3.38. The van der Waals surface area contributed by atoms with Crippen LogP contribution in [0.5, 0.6) is 5.75 Å². The lowest BCUT2D eigenvalue weighted by molar-refractivity contribution is -0.120. The van der Waals surface area contributed by atoms with Crippen LogP contribution in [0.4, 0.5) is 5.82 Å². The van der Waals surface area contributed by atoms with Crippen LogP contribution in [0.15, 0.2) is 39.0 Å². The Morgan fingerprint density at radius 3 is 3.00 bits per heavy atom. The number of carbonyl (C=O) groups is 1. The zero-order chi connectivity index (χ0) is 19.5. The van der Waals surface area contributed by atoms with Gasteiger partial charge in [0.15, 0.2) is 0 Å². The van der Waals surface area contributed by atoms with Crippen LogP contribution in [0, 0.1) is 0 Å². The van der Waals surface area contributed by atoms with E-state index in [1.807, 2.05) is 29.2 Å². The van der Waals surface area contributed by atoms with E-state index in [4.69, 9.17) is 4.74 Å². The summed E-state index contributed by atoms with van der Waals surface area (Å²) in [6, 6.07) is 7.39. The minimum absolute atomic E-state index is 0.0641. The molecule has 2 aromatic rings. The fraction of sp³-hybridized carbons (Fsp3) is 0.353. The van der Waals surface area contributed by atoms with Gasteiger partial charge in [-0.15, -0.1) is 5.10 Å². The number of hydrogen-bond acceptors (Lipinski definition) is 7. The molecule has 0 aliphatic carbocycles. The average molecular weight is 374 g/mol. The number of aromatic nitrogens is 3. The summed E-state index contributed by atoms with van der Waals surface area (Å²) in [4.78, 5) is 36.1. The number of anilines is 1. The summed E-state index contributed by atoms with van der Waals surface area (Å²) < 4.78 is 5.61. The molecule has 10 heteroatoms. The van der Waals surface area contributed by atoms with Gasteiger partial charge < -0.3 is 10.1 Å². The number of hydrogen-bond donors (Lipinski definition) is 4. The van der Waals surface area contributed by atoms with Crippen LogP contribution in [-0.4, -0.2) is 40.5 Å². The van der Waals surface area contributed by atoms with Gasteiger partial charge in [0.2, 0.25) is 11.7 Å². The Balaban J connectivity index is 1.75. The molecule has 0 fully saturated rings. The van der Waals surface area contributed by atoms with Gasteiger partial charge in [-0.3, -0.25) is 14.6 Å². The molecule has 0 radical (unpaired) electrons. The molecule has 2 rings (SSSR count). The van der Waals surface area contributed by atoms with Crippen LogP contribution in [0.25, 0.3) is 0 Å². The van der Waals surface area contributed by atoms with Crippen LogP contribution < -0.4 is 26.7 Å². The fourth-order valence-corrected chi connectivity index (χ4v) is 2.02. The van der Waals surface area contributed by atoms with Crippen molar-refractivity contribution >= 4 is 17.9 Å². The molecule has 144 valence electrons. The summed E-state index contributed by atoms with van der Waals surface area (Å²) >= 11 is 0. The van der Waals surface area contributed by atoms with E-state index in [9.17, 15) is 14.4 Å². The highest BCUT2D eigenvalue weighted by Crippen LogP contribution is 2.12. The van der Waals surface area contributed by atoms with E-state index >= 15 is 0 Å². The number of nitrogens with zero attached hydrogens (tertiary/aromatic N) is 2. The topological polar surface area (TPSA) is 141 Å². The number of benzene rings is 1. The third kappa shape index (κ3) is 7.14. The highest BCUT2D eigenvalue weighted by Gasteiger charge is 2.03. The molecule has 0 spiro atoms. The number of unbranched alkanes of at least 4 members (excludes halogenated alkanes) is 1. The van der Waals surface area contributed by atoms with Crippen LogP contribution in [0.2, 0.25) is 0 Å². The number of nitrogens with one attached hydrogen (secondary N) is 4. The Hall–Kier alpha value is -3.43. The van der Waals surface area contributed by atoms with Crippen molar-refractivity contribution in [3.63, 3.8) is 0 Å². The summed E-state index contributed by atoms with van der Waals surface area (Å²) in [7, 11) is 0. The number of hydrazone groups is 1. The van der Waals surface area contributed by atoms with Crippen molar-refractivity contribution in [1.82, 2.24) is 20.6 Å². The Kier molecular flexibility index (Phi) is 7.76. The molecule has 10 nitrogen and oxygen atoms in total. The van der Waals surface area contributed by atoms with Gasteiger partial charge in [0.05, 0.1) is 12.8 Å². The molecule has 0 saturated carbocycles. The molecule has 1 aromatic heterocycles. The molecule has 4 N–H and O–H groups in total. The van der Waals surface area contributed by atoms with E-state index in [0.717, 1.165) is 24.2 Å². The van der Waals surface area contributed by atoms with Crippen molar-refractivity contribution in [3.8, 4) is 5.75 Å². The Morgan fingerprint density at radius 2 is 2.22 bits per heavy atom. The highest BCUT2D eigenvalue weighted by atomic mass is 16.5. The lowest BCUT2D eigenvalue weighted by Crippen LogP contribution is -2.28. The van der Waals surface area contributed by atoms with E-state index in [1.165, 1.54) is 6.21 Å². The minimum atomic E-state index is -0.697. The summed E-state index contributed by atoms with van der Waals surface area (Å²) in [5, 5.41) is 12.2. The molecule has 0 bridgehead atoms. The maximum atomic E-state index is 11.8. The second-order valence-corrected chi connectivity index (χ2v) is 5.60. The quantitative estimate of drug-likeness (QED) is 0.272. The first-order valence-corrected chi connectivity index (χ1v) is 8.56. The van der Waals surface area contributed by atoms with Gasteiger partial charge in [-0.2, -0.15) is 5.10 Å². The first-order valence-electron chi connectivity index (χ1n) is 8.56. The number of amides is 1. The van der Waals surface area contributed by atoms with E-state index in [1.54, 1.807) is 0 Å². The number of carbonyl (C=O) groups excluding carboxylic acids is 1. The predicted octanol–water partition coefficient (Wildman–Crippen LogP) is 0.589. The Labute approximate surface area is 155 Å². The number of aromatic amines is 2. The second kappa shape index (κ2) is 10.5. The van der Waals surface area contributed by atoms with Gasteiger partial charge in [-0.1, -0.05) is 25.5 Å². The second-order valence-electron chi connectivity index (χ2n) is 5.60. The van der Waals surface area contributed by atoms with Crippen molar-refractivity contribution in [3.05, 3.63) is 50.7 Å². The van der Waals surface area contributed by atoms with Crippen molar-refractivity contribution in [2.24, 2.45) is 5.10 Å². The molecular weight excluding hydrogens is 352 g/mol. The molecular formula is C17H22N6O4. The molecule has 1 heterocycles. The predicted molar refractivity (Wildman–Crippen MR) is 101 cm³/mol. The maximum Gasteiger partial charge on any atom is 0.342 e. The minimum Gasteiger partial charge on any atom is -0.494 e. The third-order valence-electron chi connectivity index (χ3n) is 3.38. The average Bonchev–Trinajstić information content (AvgIpc) is 2.64. The Morgan fingerprint density at radius 1 is 1.37 bits per heavy atom. The Bertz CT molecular complexity index is 889. The number of ether oxygens (including phenoxy) is 1. The van der Waals surface area contributed by atoms with Gasteiger partial charge in [0, 0.05) is 13.0 Å². The van der Waals surface area contributed by atoms with Crippen molar-refractivity contribution in [2.45, 2.75) is 26.2 Å². The summed E-state index contributed by atoms with van der Waals surface area (Å²) in [5.41, 5.74) is 1.84. The first-order chi connectivity index (χ1) is 13.1. The monoisotopic (exact) mass is 374 g/mol. The molecule has 0 aliphatic rings. The smallest absolute Gasteiger partial charge is 0.342 e. The normalized spacial score (nSPS) is 10.7. The molecule has 0 unspecified atom stereocenters. The van der Waals surface area contributed by atoms with Crippen LogP contribution in [0.1, 0.15) is 31.7 Å². The van der Waals surface area contributed by atoms with E-state index in [0.29, 0.717) is 6.61 Å². The van der Waals surface area contributed by atoms with Crippen molar-refractivity contribution in [2.75, 3.05) is 18.5 Å². The van der Waals surface area contributed by atoms with Crippen LogP contribution in [0.3, 0.4) is 0 Å². The molecule has 0 atom stereocenters. The fourth-order valence-electron chi connectivity index (χ4n) is 2.02. The molecule has 1 aromatic carbocycles. The van der Waals surface area contributed by atoms with E-state index in [2.05, 4.69) is 33.0 Å². The van der Waals surface area contributed by atoms with E-state index in [-0.39, 0.29) is 24.7 Å². The standard InChI is InChI=1S/C17H22N6O4/c1-2-3-9-27-13-6-4-5-12(10-13)11-19-21-14(24)7-8-18-15-16(25)20-17(26)23-22-15/h4-6,10-11H,2-3,7-9H2,1H3,(H,18,22)(H,21,24)(H2,20,23,25,26)/b19-11+. The lowest BCUT2D eigenvalue weighted by atomic mass is 10.2. The zero-order valence-electron chi connectivity index (χ0n) is 14.9. The summed E-state index contributed by atoms with van der Waals surface area (Å²) in [6.07, 6.45) is 3.64. The van der Waals surface area contributed by atoms with Crippen LogP contribution >= 0.6 is 0 Å². The molecule has 27 heavy (non-hydrogen) atoms. The van der Waals surface area contributed by atoms with Crippen molar-refractivity contribution in [1.29, 1.82) is 0 Å². The summed E-state index contributed by atoms with van der Waals surface area (Å²) in [5.74, 6) is 0.349. The van der Waals surface area contributed by atoms with Gasteiger partial charge in [0.1, 0.15) is 5.75 Å². The zero-order valence-corrected chi connectivity index (χ0v) is 14.9. The maximum absolute atomic E-state index is 11.8. The lowest BCUT2D eigenvalue weighted by Gasteiger charge is -2.05. The van der Waals surface area contributed by atoms with Crippen molar-refractivity contribution < 1.29 is 9.53 Å². The number of H-pyrrole nitrogens is 2. The SMILES string of the molecule is CCCCOc1cccc(/C=N/NC(=O)CCNc2n[nH]c(=O)[nH]c2=O)c1. The van der Waals surface area contributed by atoms with Crippen LogP contribution in [-0.2, 0) is 4.79 Å². The van der Waals surface area contributed by atoms with Gasteiger partial charge >= 0.3 is 5.69 Å². The van der Waals surface area contributed by atoms with Gasteiger partial charge in [-0.05, 0) is 24.1 Å². The first kappa shape index (κ1) is 19.9. The highest BCUT2D eigenvalue weighted by molar-refractivity contribution is 5.82. The molecule has 0 aliphatic heterocycles.